The fraction of sp³-hybridized carbons (Fsp3) is 0.259. The number of unbranched alkanes of at least 4 members (excludes halogenated alkanes) is 1. The molecule has 38 heavy (non-hydrogen) atoms. The fourth-order valence-corrected chi connectivity index (χ4v) is 4.65. The van der Waals surface area contributed by atoms with Gasteiger partial charge >= 0.3 is 11.7 Å². The predicted octanol–water partition coefficient (Wildman–Crippen LogP) is 3.79. The standard InChI is InChI=1S/C27H28N8O3/c1-3-5-6-21-17-35(25-23(26(36)37)12-14-33(25)4-2)27(38)34(21)16-20-15-28-13-11-22(20)18-7-9-19(10-8-18)24-29-31-32-30-24/h7-15,17H,3-6,16H2,1-2H3,(H,36,37)(H,29,30,31,32). The summed E-state index contributed by atoms with van der Waals surface area (Å²) in [6.45, 7) is 4.86. The second-order valence-corrected chi connectivity index (χ2v) is 8.97. The molecule has 0 bridgehead atoms. The minimum absolute atomic E-state index is 0.0947. The fourth-order valence-electron chi connectivity index (χ4n) is 4.65. The molecule has 0 saturated carbocycles. The molecule has 11 heteroatoms. The number of tetrazole rings is 1. The molecule has 2 N–H and O–H groups in total. The quantitative estimate of drug-likeness (QED) is 0.290. The number of nitrogens with zero attached hydrogens (tertiary/aromatic N) is 7. The summed E-state index contributed by atoms with van der Waals surface area (Å²) >= 11 is 0. The van der Waals surface area contributed by atoms with Crippen LogP contribution in [-0.4, -0.2) is 50.4 Å². The van der Waals surface area contributed by atoms with E-state index >= 15 is 0 Å². The van der Waals surface area contributed by atoms with E-state index in [4.69, 9.17) is 0 Å². The number of benzene rings is 1. The Morgan fingerprint density at radius 3 is 2.55 bits per heavy atom. The molecule has 4 aromatic heterocycles. The van der Waals surface area contributed by atoms with Gasteiger partial charge in [-0.15, -0.1) is 5.10 Å². The molecule has 0 aliphatic rings. The maximum atomic E-state index is 13.8. The molecule has 0 saturated heterocycles. The predicted molar refractivity (Wildman–Crippen MR) is 141 cm³/mol. The smallest absolute Gasteiger partial charge is 0.339 e. The van der Waals surface area contributed by atoms with Crippen LogP contribution in [0.15, 0.2) is 66.0 Å². The van der Waals surface area contributed by atoms with Crippen LogP contribution < -0.4 is 5.69 Å². The Labute approximate surface area is 218 Å². The van der Waals surface area contributed by atoms with Crippen LogP contribution in [0.4, 0.5) is 0 Å². The van der Waals surface area contributed by atoms with Gasteiger partial charge in [-0.1, -0.05) is 37.6 Å². The minimum Gasteiger partial charge on any atom is -0.478 e. The topological polar surface area (TPSA) is 137 Å². The number of aromatic carboxylic acids is 1. The molecule has 5 aromatic rings. The van der Waals surface area contributed by atoms with Crippen LogP contribution >= 0.6 is 0 Å². The van der Waals surface area contributed by atoms with Crippen molar-refractivity contribution in [3.8, 4) is 28.3 Å². The van der Waals surface area contributed by atoms with Gasteiger partial charge in [0.05, 0.1) is 6.54 Å². The number of carboxylic acids is 1. The van der Waals surface area contributed by atoms with Crippen molar-refractivity contribution in [2.45, 2.75) is 46.2 Å². The number of hydrogen-bond donors (Lipinski definition) is 2. The van der Waals surface area contributed by atoms with Gasteiger partial charge in [0.2, 0.25) is 0 Å². The van der Waals surface area contributed by atoms with Crippen LogP contribution in [0, 0.1) is 0 Å². The van der Waals surface area contributed by atoms with E-state index in [0.717, 1.165) is 40.8 Å². The van der Waals surface area contributed by atoms with Gasteiger partial charge in [-0.05, 0) is 59.0 Å². The first-order valence-corrected chi connectivity index (χ1v) is 12.5. The molecule has 1 aromatic carbocycles. The van der Waals surface area contributed by atoms with Crippen molar-refractivity contribution in [3.63, 3.8) is 0 Å². The summed E-state index contributed by atoms with van der Waals surface area (Å²) in [4.78, 5) is 30.1. The van der Waals surface area contributed by atoms with Crippen LogP contribution in [0.2, 0.25) is 0 Å². The van der Waals surface area contributed by atoms with Gasteiger partial charge in [-0.25, -0.2) is 14.7 Å². The van der Waals surface area contributed by atoms with Crippen LogP contribution in [0.3, 0.4) is 0 Å². The number of carboxylic acid groups (broad SMARTS) is 1. The Kier molecular flexibility index (Phi) is 6.98. The molecule has 0 aliphatic carbocycles. The normalized spacial score (nSPS) is 11.2. The summed E-state index contributed by atoms with van der Waals surface area (Å²) < 4.78 is 4.97. The lowest BCUT2D eigenvalue weighted by atomic mass is 10.00. The number of hydrogen-bond acceptors (Lipinski definition) is 6. The summed E-state index contributed by atoms with van der Waals surface area (Å²) in [5, 5.41) is 23.7. The molecule has 0 spiro atoms. The van der Waals surface area contributed by atoms with Crippen molar-refractivity contribution in [1.29, 1.82) is 0 Å². The highest BCUT2D eigenvalue weighted by Crippen LogP contribution is 2.27. The molecule has 0 unspecified atom stereocenters. The zero-order chi connectivity index (χ0) is 26.6. The SMILES string of the molecule is CCCCc1cn(-c2c(C(=O)O)ccn2CC)c(=O)n1Cc1cnccc1-c1ccc(-c2nnn[nH]2)cc1. The molecule has 0 radical (unpaired) electrons. The number of aryl methyl sites for hydroxylation is 2. The molecular formula is C27H28N8O3. The van der Waals surface area contributed by atoms with Crippen molar-refractivity contribution >= 4 is 5.97 Å². The minimum atomic E-state index is -1.07. The van der Waals surface area contributed by atoms with Crippen molar-refractivity contribution < 1.29 is 9.90 Å². The number of aromatic nitrogens is 8. The summed E-state index contributed by atoms with van der Waals surface area (Å²) in [5.41, 5.74) is 4.31. The van der Waals surface area contributed by atoms with Crippen LogP contribution in [0.25, 0.3) is 28.3 Å². The second kappa shape index (κ2) is 10.7. The number of nitrogens with one attached hydrogen (secondary N) is 1. The summed E-state index contributed by atoms with van der Waals surface area (Å²) in [6.07, 6.45) is 9.55. The van der Waals surface area contributed by atoms with Crippen molar-refractivity contribution in [2.24, 2.45) is 0 Å². The Morgan fingerprint density at radius 2 is 1.87 bits per heavy atom. The zero-order valence-electron chi connectivity index (χ0n) is 21.2. The van der Waals surface area contributed by atoms with Gasteiger partial charge < -0.3 is 9.67 Å². The van der Waals surface area contributed by atoms with Gasteiger partial charge in [0.1, 0.15) is 11.4 Å². The molecular weight excluding hydrogens is 484 g/mol. The molecule has 5 rings (SSSR count). The van der Waals surface area contributed by atoms with E-state index in [9.17, 15) is 14.7 Å². The monoisotopic (exact) mass is 512 g/mol. The summed E-state index contributed by atoms with van der Waals surface area (Å²) in [5.74, 6) is -0.121. The van der Waals surface area contributed by atoms with Gasteiger partial charge in [-0.3, -0.25) is 14.1 Å². The first-order chi connectivity index (χ1) is 18.5. The second-order valence-electron chi connectivity index (χ2n) is 8.97. The van der Waals surface area contributed by atoms with Gasteiger partial charge in [0.25, 0.3) is 0 Å². The van der Waals surface area contributed by atoms with Gasteiger partial charge in [-0.2, -0.15) is 0 Å². The van der Waals surface area contributed by atoms with E-state index in [1.165, 1.54) is 10.6 Å². The zero-order valence-corrected chi connectivity index (χ0v) is 21.2. The van der Waals surface area contributed by atoms with E-state index in [2.05, 4.69) is 32.5 Å². The van der Waals surface area contributed by atoms with E-state index in [0.29, 0.717) is 31.2 Å². The first-order valence-electron chi connectivity index (χ1n) is 12.5. The number of rotatable bonds is 10. The van der Waals surface area contributed by atoms with Crippen molar-refractivity contribution in [2.75, 3.05) is 0 Å². The molecule has 4 heterocycles. The van der Waals surface area contributed by atoms with E-state index in [1.54, 1.807) is 33.9 Å². The van der Waals surface area contributed by atoms with E-state index < -0.39 is 5.97 Å². The third-order valence-corrected chi connectivity index (χ3v) is 6.63. The molecule has 194 valence electrons. The summed E-state index contributed by atoms with van der Waals surface area (Å²) in [6, 6.07) is 11.3. The average Bonchev–Trinajstić information content (AvgIpc) is 3.68. The Bertz CT molecular complexity index is 1610. The number of aromatic amines is 1. The molecule has 0 atom stereocenters. The van der Waals surface area contributed by atoms with Crippen LogP contribution in [-0.2, 0) is 19.5 Å². The van der Waals surface area contributed by atoms with Crippen molar-refractivity contribution in [1.82, 2.24) is 39.3 Å². The lowest BCUT2D eigenvalue weighted by Gasteiger charge is -2.12. The van der Waals surface area contributed by atoms with E-state index in [1.807, 2.05) is 37.3 Å². The van der Waals surface area contributed by atoms with Gasteiger partial charge in [0.15, 0.2) is 5.82 Å². The number of H-pyrrole nitrogens is 1. The molecule has 11 nitrogen and oxygen atoms in total. The number of imidazole rings is 1. The lowest BCUT2D eigenvalue weighted by Crippen LogP contribution is -2.27. The Balaban J connectivity index is 1.57. The first kappa shape index (κ1) is 24.9. The third-order valence-electron chi connectivity index (χ3n) is 6.63. The third kappa shape index (κ3) is 4.65. The van der Waals surface area contributed by atoms with Crippen LogP contribution in [0.1, 0.15) is 48.3 Å². The molecule has 0 aliphatic heterocycles. The summed E-state index contributed by atoms with van der Waals surface area (Å²) in [7, 11) is 0. The Morgan fingerprint density at radius 1 is 1.08 bits per heavy atom. The van der Waals surface area contributed by atoms with Gasteiger partial charge in [0, 0.05) is 42.6 Å². The maximum absolute atomic E-state index is 13.8. The highest BCUT2D eigenvalue weighted by Gasteiger charge is 2.22. The number of carbonyl (C=O) groups is 1. The molecule has 0 amide bonds. The largest absolute Gasteiger partial charge is 0.478 e. The highest BCUT2D eigenvalue weighted by atomic mass is 16.4. The highest BCUT2D eigenvalue weighted by molar-refractivity contribution is 5.91. The average molecular weight is 513 g/mol. The number of pyridine rings is 1. The lowest BCUT2D eigenvalue weighted by molar-refractivity contribution is 0.0697. The van der Waals surface area contributed by atoms with E-state index in [-0.39, 0.29) is 11.3 Å². The Hall–Kier alpha value is -4.80. The van der Waals surface area contributed by atoms with Crippen LogP contribution in [0.5, 0.6) is 0 Å². The van der Waals surface area contributed by atoms with Crippen molar-refractivity contribution in [3.05, 3.63) is 88.5 Å². The maximum Gasteiger partial charge on any atom is 0.339 e. The molecule has 0 fully saturated rings.